The second kappa shape index (κ2) is 9.23. The summed E-state index contributed by atoms with van der Waals surface area (Å²) in [5.41, 5.74) is 0.118. The summed E-state index contributed by atoms with van der Waals surface area (Å²) in [5.74, 6) is -0.605. The topological polar surface area (TPSA) is 72.8 Å². The molecule has 0 aromatic heterocycles. The molecule has 0 fully saturated rings. The van der Waals surface area contributed by atoms with Crippen LogP contribution in [0.15, 0.2) is 27.6 Å². The summed E-state index contributed by atoms with van der Waals surface area (Å²) in [7, 11) is 0.382. The van der Waals surface area contributed by atoms with Gasteiger partial charge in [-0.3, -0.25) is 4.21 Å². The van der Waals surface area contributed by atoms with Gasteiger partial charge in [0.2, 0.25) is 0 Å². The molecule has 7 heteroatoms. The first-order valence-electron chi connectivity index (χ1n) is 6.04. The Hall–Kier alpha value is -0.760. The first kappa shape index (κ1) is 17.3. The van der Waals surface area contributed by atoms with Crippen molar-refractivity contribution in [3.05, 3.63) is 28.2 Å². The third-order valence-electron chi connectivity index (χ3n) is 2.48. The highest BCUT2D eigenvalue weighted by atomic mass is 79.9. The summed E-state index contributed by atoms with van der Waals surface area (Å²) in [6.07, 6.45) is 0.648. The number of aromatic carboxylic acids is 1. The summed E-state index contributed by atoms with van der Waals surface area (Å²) in [6.45, 7) is 1.57. The van der Waals surface area contributed by atoms with Crippen molar-refractivity contribution in [1.82, 2.24) is 0 Å². The molecule has 0 radical (unpaired) electrons. The van der Waals surface area contributed by atoms with Crippen molar-refractivity contribution in [3.63, 3.8) is 0 Å². The number of carbonyl (C=O) groups is 1. The molecule has 20 heavy (non-hydrogen) atoms. The fraction of sp³-hybridized carbons (Fsp3) is 0.462. The molecule has 0 aliphatic rings. The molecule has 0 spiro atoms. The third-order valence-corrected chi connectivity index (χ3v) is 4.61. The van der Waals surface area contributed by atoms with Gasteiger partial charge >= 0.3 is 5.97 Å². The molecular weight excluding hydrogens is 348 g/mol. The van der Waals surface area contributed by atoms with E-state index in [-0.39, 0.29) is 5.56 Å². The third kappa shape index (κ3) is 5.70. The van der Waals surface area contributed by atoms with Gasteiger partial charge in [-0.05, 0) is 40.5 Å². The number of carboxylic acid groups (broad SMARTS) is 1. The van der Waals surface area contributed by atoms with Gasteiger partial charge < -0.3 is 14.6 Å². The SMILES string of the molecule is COCCOCCCS(=O)c1ccc(Br)c(C(=O)O)c1. The van der Waals surface area contributed by atoms with Crippen molar-refractivity contribution in [2.75, 3.05) is 32.7 Å². The van der Waals surface area contributed by atoms with Gasteiger partial charge in [0.15, 0.2) is 0 Å². The van der Waals surface area contributed by atoms with E-state index in [2.05, 4.69) is 15.9 Å². The van der Waals surface area contributed by atoms with E-state index in [1.807, 2.05) is 0 Å². The molecule has 0 bridgehead atoms. The Bertz CT molecular complexity index is 478. The Labute approximate surface area is 128 Å². The van der Waals surface area contributed by atoms with Gasteiger partial charge in [0.05, 0.1) is 29.6 Å². The highest BCUT2D eigenvalue weighted by Crippen LogP contribution is 2.20. The average Bonchev–Trinajstić information content (AvgIpc) is 2.42. The molecule has 1 unspecified atom stereocenters. The van der Waals surface area contributed by atoms with E-state index in [1.165, 1.54) is 6.07 Å². The standard InChI is InChI=1S/C13H17BrO5S/c1-18-6-7-19-5-2-8-20(17)10-3-4-12(14)11(9-10)13(15)16/h3-4,9H,2,5-8H2,1H3,(H,15,16). The van der Waals surface area contributed by atoms with Crippen molar-refractivity contribution in [3.8, 4) is 0 Å². The molecule has 1 rings (SSSR count). The highest BCUT2D eigenvalue weighted by molar-refractivity contribution is 9.10. The van der Waals surface area contributed by atoms with Crippen LogP contribution in [0, 0.1) is 0 Å². The van der Waals surface area contributed by atoms with Gasteiger partial charge in [-0.25, -0.2) is 4.79 Å². The summed E-state index contributed by atoms with van der Waals surface area (Å²) >= 11 is 3.16. The lowest BCUT2D eigenvalue weighted by molar-refractivity contribution is 0.0695. The van der Waals surface area contributed by atoms with Crippen LogP contribution in [0.3, 0.4) is 0 Å². The Kier molecular flexibility index (Phi) is 7.98. The molecule has 0 amide bonds. The number of ether oxygens (including phenoxy) is 2. The molecule has 112 valence electrons. The smallest absolute Gasteiger partial charge is 0.336 e. The van der Waals surface area contributed by atoms with Gasteiger partial charge in [0.1, 0.15) is 0 Å². The zero-order valence-electron chi connectivity index (χ0n) is 11.1. The second-order valence-electron chi connectivity index (χ2n) is 3.96. The number of rotatable bonds is 9. The minimum Gasteiger partial charge on any atom is -0.478 e. The molecule has 0 saturated carbocycles. The minimum absolute atomic E-state index is 0.118. The van der Waals surface area contributed by atoms with E-state index >= 15 is 0 Å². The molecule has 0 heterocycles. The average molecular weight is 365 g/mol. The van der Waals surface area contributed by atoms with Crippen LogP contribution in [0.25, 0.3) is 0 Å². The van der Waals surface area contributed by atoms with E-state index in [0.717, 1.165) is 0 Å². The maximum absolute atomic E-state index is 12.0. The number of methoxy groups -OCH3 is 1. The van der Waals surface area contributed by atoms with Crippen molar-refractivity contribution in [2.45, 2.75) is 11.3 Å². The first-order valence-corrected chi connectivity index (χ1v) is 8.15. The Morgan fingerprint density at radius 1 is 1.35 bits per heavy atom. The first-order chi connectivity index (χ1) is 9.56. The fourth-order valence-corrected chi connectivity index (χ4v) is 2.97. The monoisotopic (exact) mass is 364 g/mol. The number of hydrogen-bond donors (Lipinski definition) is 1. The fourth-order valence-electron chi connectivity index (χ4n) is 1.46. The lowest BCUT2D eigenvalue weighted by Gasteiger charge is -2.06. The van der Waals surface area contributed by atoms with Crippen LogP contribution in [0.5, 0.6) is 0 Å². The van der Waals surface area contributed by atoms with E-state index in [1.54, 1.807) is 19.2 Å². The summed E-state index contributed by atoms with van der Waals surface area (Å²) in [4.78, 5) is 11.5. The molecule has 1 N–H and O–H groups in total. The van der Waals surface area contributed by atoms with Crippen molar-refractivity contribution >= 4 is 32.7 Å². The van der Waals surface area contributed by atoms with Crippen molar-refractivity contribution in [1.29, 1.82) is 0 Å². The lowest BCUT2D eigenvalue weighted by Crippen LogP contribution is -2.07. The molecular formula is C13H17BrO5S. The van der Waals surface area contributed by atoms with Gasteiger partial charge in [-0.1, -0.05) is 0 Å². The summed E-state index contributed by atoms with van der Waals surface area (Å²) < 4.78 is 22.6. The summed E-state index contributed by atoms with van der Waals surface area (Å²) in [5, 5.41) is 9.01. The minimum atomic E-state index is -1.22. The van der Waals surface area contributed by atoms with E-state index in [4.69, 9.17) is 14.6 Å². The Morgan fingerprint density at radius 3 is 2.75 bits per heavy atom. The second-order valence-corrected chi connectivity index (χ2v) is 6.38. The van der Waals surface area contributed by atoms with E-state index < -0.39 is 16.8 Å². The lowest BCUT2D eigenvalue weighted by atomic mass is 10.2. The predicted molar refractivity (Wildman–Crippen MR) is 79.7 cm³/mol. The molecule has 0 aliphatic carbocycles. The van der Waals surface area contributed by atoms with Gasteiger partial charge in [-0.2, -0.15) is 0 Å². The predicted octanol–water partition coefficient (Wildman–Crippen LogP) is 2.31. The molecule has 5 nitrogen and oxygen atoms in total. The van der Waals surface area contributed by atoms with Crippen LogP contribution < -0.4 is 0 Å². The number of hydrogen-bond acceptors (Lipinski definition) is 4. The van der Waals surface area contributed by atoms with Crippen LogP contribution in [0.4, 0.5) is 0 Å². The van der Waals surface area contributed by atoms with Gasteiger partial charge in [0, 0.05) is 28.8 Å². The van der Waals surface area contributed by atoms with Gasteiger partial charge in [-0.15, -0.1) is 0 Å². The van der Waals surface area contributed by atoms with Crippen LogP contribution in [0.2, 0.25) is 0 Å². The van der Waals surface area contributed by atoms with Crippen molar-refractivity contribution in [2.24, 2.45) is 0 Å². The van der Waals surface area contributed by atoms with Crippen LogP contribution in [-0.2, 0) is 20.3 Å². The largest absolute Gasteiger partial charge is 0.478 e. The maximum atomic E-state index is 12.0. The number of halogens is 1. The molecule has 1 aromatic rings. The zero-order valence-corrected chi connectivity index (χ0v) is 13.5. The van der Waals surface area contributed by atoms with Crippen LogP contribution in [-0.4, -0.2) is 48.0 Å². The molecule has 0 aliphatic heterocycles. The molecule has 1 atom stereocenters. The molecule has 0 saturated heterocycles. The van der Waals surface area contributed by atoms with Crippen molar-refractivity contribution < 1.29 is 23.6 Å². The Morgan fingerprint density at radius 2 is 2.10 bits per heavy atom. The van der Waals surface area contributed by atoms with E-state index in [0.29, 0.717) is 41.4 Å². The number of carboxylic acids is 1. The molecule has 1 aromatic carbocycles. The normalized spacial score (nSPS) is 12.3. The Balaban J connectivity index is 2.47. The van der Waals surface area contributed by atoms with Crippen LogP contribution >= 0.6 is 15.9 Å². The zero-order chi connectivity index (χ0) is 15.0. The van der Waals surface area contributed by atoms with E-state index in [9.17, 15) is 9.00 Å². The van der Waals surface area contributed by atoms with Gasteiger partial charge in [0.25, 0.3) is 0 Å². The highest BCUT2D eigenvalue weighted by Gasteiger charge is 2.12. The number of benzene rings is 1. The van der Waals surface area contributed by atoms with Crippen LogP contribution in [0.1, 0.15) is 16.8 Å². The maximum Gasteiger partial charge on any atom is 0.336 e. The quantitative estimate of drug-likeness (QED) is 0.680. The summed E-state index contributed by atoms with van der Waals surface area (Å²) in [6, 6.07) is 4.71.